The summed E-state index contributed by atoms with van der Waals surface area (Å²) in [5.41, 5.74) is 2.32. The van der Waals surface area contributed by atoms with Crippen LogP contribution < -0.4 is 10.1 Å². The first-order valence-electron chi connectivity index (χ1n) is 8.27. The largest absolute Gasteiger partial charge is 0.497 e. The van der Waals surface area contributed by atoms with Crippen LogP contribution in [0.4, 0.5) is 4.79 Å². The van der Waals surface area contributed by atoms with E-state index < -0.39 is 6.04 Å². The molecule has 3 amide bonds. The van der Waals surface area contributed by atoms with Gasteiger partial charge in [-0.2, -0.15) is 0 Å². The number of nitrogens with zero attached hydrogens (tertiary/aromatic N) is 2. The maximum Gasteiger partial charge on any atom is 0.322 e. The van der Waals surface area contributed by atoms with Crippen molar-refractivity contribution in [1.82, 2.24) is 15.1 Å². The third-order valence-corrected chi connectivity index (χ3v) is 4.64. The maximum atomic E-state index is 12.9. The van der Waals surface area contributed by atoms with E-state index in [9.17, 15) is 9.59 Å². The molecule has 1 atom stereocenters. The third-order valence-electron chi connectivity index (χ3n) is 4.64. The van der Waals surface area contributed by atoms with E-state index in [-0.39, 0.29) is 11.9 Å². The first-order chi connectivity index (χ1) is 11.6. The Morgan fingerprint density at radius 3 is 2.83 bits per heavy atom. The fourth-order valence-corrected chi connectivity index (χ4v) is 3.22. The van der Waals surface area contributed by atoms with Gasteiger partial charge in [-0.1, -0.05) is 25.5 Å². The number of amides is 3. The second kappa shape index (κ2) is 6.55. The highest BCUT2D eigenvalue weighted by Crippen LogP contribution is 2.36. The molecular weight excluding hydrogens is 306 g/mol. The topological polar surface area (TPSA) is 61.9 Å². The van der Waals surface area contributed by atoms with Crippen molar-refractivity contribution in [3.8, 4) is 5.75 Å². The summed E-state index contributed by atoms with van der Waals surface area (Å²) in [5.74, 6) is 0.717. The van der Waals surface area contributed by atoms with Crippen LogP contribution in [0.25, 0.3) is 0 Å². The molecule has 1 unspecified atom stereocenters. The number of likely N-dealkylation sites (N-methyl/N-ethyl adjacent to an activating group) is 1. The van der Waals surface area contributed by atoms with Crippen molar-refractivity contribution in [1.29, 1.82) is 0 Å². The molecule has 1 aromatic carbocycles. The summed E-state index contributed by atoms with van der Waals surface area (Å²) in [6.45, 7) is 3.32. The van der Waals surface area contributed by atoms with Crippen LogP contribution in [-0.2, 0) is 4.79 Å². The first-order valence-corrected chi connectivity index (χ1v) is 8.27. The molecule has 3 rings (SSSR count). The minimum absolute atomic E-state index is 0.0121. The maximum absolute atomic E-state index is 12.9. The summed E-state index contributed by atoms with van der Waals surface area (Å²) < 4.78 is 5.27. The van der Waals surface area contributed by atoms with Crippen LogP contribution in [0.3, 0.4) is 0 Å². The average molecular weight is 329 g/mol. The Balaban J connectivity index is 1.97. The number of hydrogen-bond donors (Lipinski definition) is 1. The Labute approximate surface area is 142 Å². The summed E-state index contributed by atoms with van der Waals surface area (Å²) in [6.07, 6.45) is 1.99. The number of benzene rings is 1. The molecule has 0 radical (unpaired) electrons. The van der Waals surface area contributed by atoms with Gasteiger partial charge in [0.1, 0.15) is 5.75 Å². The lowest BCUT2D eigenvalue weighted by atomic mass is 9.95. The van der Waals surface area contributed by atoms with Crippen LogP contribution in [0.5, 0.6) is 5.75 Å². The highest BCUT2D eigenvalue weighted by atomic mass is 16.5. The molecule has 0 aromatic heterocycles. The van der Waals surface area contributed by atoms with Gasteiger partial charge in [0.25, 0.3) is 5.91 Å². The number of hydrogen-bond acceptors (Lipinski definition) is 3. The summed E-state index contributed by atoms with van der Waals surface area (Å²) in [4.78, 5) is 28.6. The molecule has 2 heterocycles. The Hall–Kier alpha value is -2.50. The number of nitrogens with one attached hydrogen (secondary N) is 1. The minimum Gasteiger partial charge on any atom is -0.497 e. The summed E-state index contributed by atoms with van der Waals surface area (Å²) in [7, 11) is 3.31. The standard InChI is InChI=1S/C18H23N3O3/c1-4-5-9-21-11-14-15(17(21)22)16(19-18(23)20(14)2)12-7-6-8-13(10-12)24-3/h6-8,10,16H,4-5,9,11H2,1-3H3,(H,19,23). The van der Waals surface area contributed by atoms with Crippen LogP contribution in [0.15, 0.2) is 35.5 Å². The summed E-state index contributed by atoms with van der Waals surface area (Å²) in [6, 6.07) is 6.87. The molecule has 0 saturated heterocycles. The van der Waals surface area contributed by atoms with Gasteiger partial charge in [-0.3, -0.25) is 9.69 Å². The SMILES string of the molecule is CCCCN1CC2=C(C1=O)C(c1cccc(OC)c1)NC(=O)N2C. The van der Waals surface area contributed by atoms with E-state index in [1.165, 1.54) is 0 Å². The molecule has 0 spiro atoms. The highest BCUT2D eigenvalue weighted by molar-refractivity contribution is 6.01. The quantitative estimate of drug-likeness (QED) is 0.901. The van der Waals surface area contributed by atoms with Gasteiger partial charge in [0.2, 0.25) is 0 Å². The van der Waals surface area contributed by atoms with Crippen molar-refractivity contribution in [2.24, 2.45) is 0 Å². The zero-order valence-corrected chi connectivity index (χ0v) is 14.3. The van der Waals surface area contributed by atoms with E-state index in [0.717, 1.165) is 30.6 Å². The van der Waals surface area contributed by atoms with Crippen LogP contribution in [0.2, 0.25) is 0 Å². The van der Waals surface area contributed by atoms with Crippen molar-refractivity contribution in [2.75, 3.05) is 27.2 Å². The zero-order chi connectivity index (χ0) is 17.3. The second-order valence-corrected chi connectivity index (χ2v) is 6.16. The van der Waals surface area contributed by atoms with Gasteiger partial charge in [0.05, 0.1) is 31.0 Å². The molecule has 2 aliphatic rings. The number of urea groups is 1. The van der Waals surface area contributed by atoms with E-state index in [1.807, 2.05) is 29.2 Å². The molecular formula is C18H23N3O3. The van der Waals surface area contributed by atoms with E-state index in [4.69, 9.17) is 4.74 Å². The predicted octanol–water partition coefficient (Wildman–Crippen LogP) is 2.29. The van der Waals surface area contributed by atoms with E-state index >= 15 is 0 Å². The van der Waals surface area contributed by atoms with Crippen LogP contribution in [0, 0.1) is 0 Å². The number of carbonyl (C=O) groups is 2. The number of carbonyl (C=O) groups excluding carboxylic acids is 2. The van der Waals surface area contributed by atoms with Gasteiger partial charge in [0.15, 0.2) is 0 Å². The Morgan fingerprint density at radius 2 is 2.12 bits per heavy atom. The Kier molecular flexibility index (Phi) is 4.46. The normalized spacial score (nSPS) is 20.4. The predicted molar refractivity (Wildman–Crippen MR) is 90.5 cm³/mol. The van der Waals surface area contributed by atoms with Crippen molar-refractivity contribution >= 4 is 11.9 Å². The fraction of sp³-hybridized carbons (Fsp3) is 0.444. The summed E-state index contributed by atoms with van der Waals surface area (Å²) in [5, 5.41) is 2.94. The number of unbranched alkanes of at least 4 members (excludes halogenated alkanes) is 1. The van der Waals surface area contributed by atoms with Gasteiger partial charge in [0, 0.05) is 13.6 Å². The van der Waals surface area contributed by atoms with Crippen molar-refractivity contribution in [2.45, 2.75) is 25.8 Å². The molecule has 128 valence electrons. The monoisotopic (exact) mass is 329 g/mol. The second-order valence-electron chi connectivity index (χ2n) is 6.16. The third kappa shape index (κ3) is 2.72. The lowest BCUT2D eigenvalue weighted by Crippen LogP contribution is -2.45. The fourth-order valence-electron chi connectivity index (χ4n) is 3.22. The van der Waals surface area contributed by atoms with Crippen molar-refractivity contribution in [3.05, 3.63) is 41.1 Å². The molecule has 0 bridgehead atoms. The zero-order valence-electron chi connectivity index (χ0n) is 14.3. The molecule has 6 nitrogen and oxygen atoms in total. The van der Waals surface area contributed by atoms with Gasteiger partial charge in [-0.15, -0.1) is 0 Å². The minimum atomic E-state index is -0.432. The van der Waals surface area contributed by atoms with Crippen LogP contribution >= 0.6 is 0 Å². The molecule has 0 aliphatic carbocycles. The van der Waals surface area contributed by atoms with Crippen LogP contribution in [-0.4, -0.2) is 49.0 Å². The molecule has 0 saturated carbocycles. The number of ether oxygens (including phenoxy) is 1. The number of methoxy groups -OCH3 is 1. The Bertz CT molecular complexity index is 699. The average Bonchev–Trinajstić information content (AvgIpc) is 2.93. The number of rotatable bonds is 5. The molecule has 2 aliphatic heterocycles. The first kappa shape index (κ1) is 16.4. The molecule has 0 fully saturated rings. The molecule has 1 N–H and O–H groups in total. The van der Waals surface area contributed by atoms with E-state index in [2.05, 4.69) is 12.2 Å². The van der Waals surface area contributed by atoms with Crippen LogP contribution in [0.1, 0.15) is 31.4 Å². The van der Waals surface area contributed by atoms with Gasteiger partial charge in [-0.25, -0.2) is 4.79 Å². The summed E-state index contributed by atoms with van der Waals surface area (Å²) >= 11 is 0. The molecule has 24 heavy (non-hydrogen) atoms. The van der Waals surface area contributed by atoms with E-state index in [1.54, 1.807) is 19.1 Å². The van der Waals surface area contributed by atoms with Gasteiger partial charge < -0.3 is 15.0 Å². The van der Waals surface area contributed by atoms with Crippen molar-refractivity contribution in [3.63, 3.8) is 0 Å². The highest BCUT2D eigenvalue weighted by Gasteiger charge is 2.42. The van der Waals surface area contributed by atoms with Gasteiger partial charge >= 0.3 is 6.03 Å². The molecule has 1 aromatic rings. The van der Waals surface area contributed by atoms with Crippen molar-refractivity contribution < 1.29 is 14.3 Å². The Morgan fingerprint density at radius 1 is 1.33 bits per heavy atom. The lowest BCUT2D eigenvalue weighted by Gasteiger charge is -2.31. The smallest absolute Gasteiger partial charge is 0.322 e. The van der Waals surface area contributed by atoms with Gasteiger partial charge in [-0.05, 0) is 24.1 Å². The molecule has 6 heteroatoms. The van der Waals surface area contributed by atoms with E-state index in [0.29, 0.717) is 17.9 Å². The lowest BCUT2D eigenvalue weighted by molar-refractivity contribution is -0.125.